The van der Waals surface area contributed by atoms with Gasteiger partial charge < -0.3 is 10.2 Å². The average molecular weight is 302 g/mol. The first-order valence-electron chi connectivity index (χ1n) is 5.85. The second-order valence-electron chi connectivity index (χ2n) is 4.30. The third-order valence-electron chi connectivity index (χ3n) is 2.67. The van der Waals surface area contributed by atoms with Crippen molar-refractivity contribution >= 4 is 5.97 Å². The van der Waals surface area contributed by atoms with Gasteiger partial charge in [-0.25, -0.2) is 24.3 Å². The molecule has 104 valence electrons. The van der Waals surface area contributed by atoms with Gasteiger partial charge in [0.2, 0.25) is 0 Å². The van der Waals surface area contributed by atoms with Crippen LogP contribution in [0.5, 0.6) is 0 Å². The number of hydrogen-bond donors (Lipinski definition) is 2. The Morgan fingerprint density at radius 3 is 2.11 bits per heavy atom. The summed E-state index contributed by atoms with van der Waals surface area (Å²) in [6, 6.07) is 17.2. The van der Waals surface area contributed by atoms with Gasteiger partial charge >= 0.3 is 23.0 Å². The van der Waals surface area contributed by atoms with Crippen molar-refractivity contribution in [2.45, 2.75) is 25.4 Å². The molecule has 0 aliphatic rings. The van der Waals surface area contributed by atoms with Crippen LogP contribution >= 0.6 is 0 Å². The van der Waals surface area contributed by atoms with Crippen LogP contribution < -0.4 is 0 Å². The molecule has 2 N–H and O–H groups in total. The van der Waals surface area contributed by atoms with Crippen LogP contribution in [0.2, 0.25) is 0 Å². The molecule has 4 heteroatoms. The van der Waals surface area contributed by atoms with Gasteiger partial charge in [-0.3, -0.25) is 4.79 Å². The maximum absolute atomic E-state index is 10.3. The third kappa shape index (κ3) is 6.97. The van der Waals surface area contributed by atoms with E-state index in [1.54, 1.807) is 19.1 Å². The van der Waals surface area contributed by atoms with Crippen molar-refractivity contribution in [1.82, 2.24) is 0 Å². The fourth-order valence-electron chi connectivity index (χ4n) is 1.55. The number of aliphatic hydroxyl groups is 1. The Morgan fingerprint density at radius 2 is 1.74 bits per heavy atom. The average Bonchev–Trinajstić information content (AvgIpc) is 3.01. The molecule has 2 aromatic carbocycles. The minimum absolute atomic E-state index is 0. The van der Waals surface area contributed by atoms with E-state index in [0.717, 1.165) is 5.56 Å². The molecule has 1 unspecified atom stereocenters. The normalized spacial score (nSPS) is 12.5. The van der Waals surface area contributed by atoms with Crippen LogP contribution in [0.15, 0.2) is 54.6 Å². The van der Waals surface area contributed by atoms with Crippen LogP contribution in [0.3, 0.4) is 0 Å². The van der Waals surface area contributed by atoms with Gasteiger partial charge in [0.05, 0.1) is 0 Å². The molecule has 0 aliphatic carbocycles. The summed E-state index contributed by atoms with van der Waals surface area (Å²) < 4.78 is 0. The van der Waals surface area contributed by atoms with E-state index in [1.165, 1.54) is 0 Å². The first-order valence-corrected chi connectivity index (χ1v) is 5.85. The monoisotopic (exact) mass is 302 g/mol. The molecular formula is C15H18FeO3. The third-order valence-corrected chi connectivity index (χ3v) is 2.67. The Balaban J connectivity index is 0.000000454. The number of rotatable bonds is 4. The van der Waals surface area contributed by atoms with E-state index in [2.05, 4.69) is 0 Å². The first kappa shape index (κ1) is 17.6. The molecule has 0 amide bonds. The Kier molecular flexibility index (Phi) is 8.08. The molecule has 19 heavy (non-hydrogen) atoms. The molecule has 1 atom stereocenters. The number of carboxylic acids is 1. The molecule has 2 aromatic rings. The quantitative estimate of drug-likeness (QED) is 0.674. The predicted molar refractivity (Wildman–Crippen MR) is 70.5 cm³/mol. The smallest absolute Gasteiger partial charge is 0.481 e. The van der Waals surface area contributed by atoms with Crippen LogP contribution in [-0.2, 0) is 27.5 Å². The van der Waals surface area contributed by atoms with Crippen molar-refractivity contribution in [2.75, 3.05) is 0 Å². The van der Waals surface area contributed by atoms with Gasteiger partial charge in [-0.1, -0.05) is 0 Å². The van der Waals surface area contributed by atoms with Gasteiger partial charge in [-0.15, -0.1) is 5.56 Å². The summed E-state index contributed by atoms with van der Waals surface area (Å²) in [5.74, 6) is -0.883. The van der Waals surface area contributed by atoms with Crippen LogP contribution in [0.4, 0.5) is 0 Å². The second kappa shape index (κ2) is 8.70. The van der Waals surface area contributed by atoms with Crippen LogP contribution in [0.1, 0.15) is 25.3 Å². The molecule has 0 fully saturated rings. The summed E-state index contributed by atoms with van der Waals surface area (Å²) in [5.41, 5.74) is -0.254. The summed E-state index contributed by atoms with van der Waals surface area (Å²) in [6.45, 7) is 1.63. The van der Waals surface area contributed by atoms with Gasteiger partial charge in [0, 0.05) is 12.0 Å². The van der Waals surface area contributed by atoms with Crippen molar-refractivity contribution in [3.63, 3.8) is 0 Å². The van der Waals surface area contributed by atoms with Gasteiger partial charge in [0.15, 0.2) is 0 Å². The fourth-order valence-corrected chi connectivity index (χ4v) is 1.55. The molecule has 0 heterocycles. The van der Waals surface area contributed by atoms with Gasteiger partial charge in [0.25, 0.3) is 0 Å². The molecule has 0 saturated heterocycles. The summed E-state index contributed by atoms with van der Waals surface area (Å²) in [4.78, 5) is 10.3. The van der Waals surface area contributed by atoms with Crippen molar-refractivity contribution in [1.29, 1.82) is 0 Å². The molecule has 0 aliphatic heterocycles. The topological polar surface area (TPSA) is 57.5 Å². The Hall–Kier alpha value is -1.35. The molecular weight excluding hydrogens is 284 g/mol. The zero-order valence-corrected chi connectivity index (χ0v) is 11.9. The number of carbonyl (C=O) groups is 1. The molecule has 0 radical (unpaired) electrons. The van der Waals surface area contributed by atoms with E-state index in [1.807, 2.05) is 42.5 Å². The molecule has 2 rings (SSSR count). The van der Waals surface area contributed by atoms with E-state index in [9.17, 15) is 9.90 Å². The molecule has 0 aromatic heterocycles. The molecule has 0 spiro atoms. The van der Waals surface area contributed by atoms with E-state index >= 15 is 0 Å². The summed E-state index contributed by atoms with van der Waals surface area (Å²) >= 11 is 0. The molecule has 0 bridgehead atoms. The van der Waals surface area contributed by atoms with Crippen molar-refractivity contribution < 1.29 is 32.1 Å². The standard InChI is InChI=1S/C10H13O3.C5H5.Fe/c1-10(13,7-6-9(11)12)8-4-2-3-5-8;1-2-4-5-3-1;/h2-5,13H,6-7H2,1H3,(H,11,12);1-5H;/q2*-1;+2. The fraction of sp³-hybridized carbons (Fsp3) is 0.267. The summed E-state index contributed by atoms with van der Waals surface area (Å²) in [5, 5.41) is 18.3. The van der Waals surface area contributed by atoms with Gasteiger partial charge in [-0.2, -0.15) is 30.3 Å². The van der Waals surface area contributed by atoms with E-state index in [4.69, 9.17) is 5.11 Å². The predicted octanol–water partition coefficient (Wildman–Crippen LogP) is 2.88. The van der Waals surface area contributed by atoms with Crippen LogP contribution in [0.25, 0.3) is 0 Å². The van der Waals surface area contributed by atoms with Crippen molar-refractivity contribution in [3.05, 3.63) is 60.2 Å². The number of aliphatic carboxylic acids is 1. The SMILES string of the molecule is CC(O)(CCC(=O)O)[c-]1cccc1.[Fe+2].c1cc[cH-]c1. The minimum Gasteiger partial charge on any atom is -0.481 e. The van der Waals surface area contributed by atoms with E-state index in [-0.39, 0.29) is 29.9 Å². The van der Waals surface area contributed by atoms with Gasteiger partial charge in [0.1, 0.15) is 0 Å². The van der Waals surface area contributed by atoms with Crippen LogP contribution in [0, 0.1) is 0 Å². The summed E-state index contributed by atoms with van der Waals surface area (Å²) in [7, 11) is 0. The largest absolute Gasteiger partial charge is 2.00 e. The van der Waals surface area contributed by atoms with Crippen molar-refractivity contribution in [3.8, 4) is 0 Å². The zero-order valence-electron chi connectivity index (χ0n) is 10.8. The first-order chi connectivity index (χ1) is 8.52. The number of carboxylic acid groups (broad SMARTS) is 1. The van der Waals surface area contributed by atoms with E-state index < -0.39 is 11.6 Å². The zero-order chi connectivity index (χ0) is 13.4. The van der Waals surface area contributed by atoms with Crippen molar-refractivity contribution in [2.24, 2.45) is 0 Å². The van der Waals surface area contributed by atoms with Gasteiger partial charge in [-0.05, 0) is 13.3 Å². The Morgan fingerprint density at radius 1 is 1.21 bits per heavy atom. The molecule has 0 saturated carbocycles. The Labute approximate surface area is 124 Å². The molecule has 3 nitrogen and oxygen atoms in total. The number of hydrogen-bond acceptors (Lipinski definition) is 2. The Bertz CT molecular complexity index is 413. The maximum atomic E-state index is 10.3. The second-order valence-corrected chi connectivity index (χ2v) is 4.30. The maximum Gasteiger partial charge on any atom is 2.00 e. The summed E-state index contributed by atoms with van der Waals surface area (Å²) in [6.07, 6.45) is 0.227. The minimum atomic E-state index is -1.03. The van der Waals surface area contributed by atoms with E-state index in [0.29, 0.717) is 0 Å². The van der Waals surface area contributed by atoms with Crippen LogP contribution in [-0.4, -0.2) is 16.2 Å².